The van der Waals surface area contributed by atoms with Gasteiger partial charge in [-0.1, -0.05) is 12.1 Å². The Balaban J connectivity index is 2.24. The van der Waals surface area contributed by atoms with Gasteiger partial charge in [-0.05, 0) is 25.3 Å². The first-order valence-corrected chi connectivity index (χ1v) is 6.17. The van der Waals surface area contributed by atoms with Gasteiger partial charge in [0, 0.05) is 17.3 Å². The minimum Gasteiger partial charge on any atom is -0.476 e. The van der Waals surface area contributed by atoms with Crippen molar-refractivity contribution in [3.05, 3.63) is 51.3 Å². The van der Waals surface area contributed by atoms with Crippen LogP contribution in [0, 0.1) is 10.1 Å². The fourth-order valence-corrected chi connectivity index (χ4v) is 2.61. The van der Waals surface area contributed by atoms with Crippen molar-refractivity contribution in [2.24, 2.45) is 0 Å². The lowest BCUT2D eigenvalue weighted by Gasteiger charge is -2.05. The molecule has 3 rings (SSSR count). The van der Waals surface area contributed by atoms with Crippen molar-refractivity contribution in [3.8, 4) is 5.69 Å². The SMILES string of the molecule is O=C(O)c1nn(-c2ccccc2[N+](=O)[O-])c2c1CCC2. The van der Waals surface area contributed by atoms with E-state index < -0.39 is 10.9 Å². The maximum Gasteiger partial charge on any atom is 0.356 e. The largest absolute Gasteiger partial charge is 0.476 e. The van der Waals surface area contributed by atoms with E-state index in [9.17, 15) is 20.0 Å². The molecular formula is C13H11N3O4. The third-order valence-electron chi connectivity index (χ3n) is 3.44. The van der Waals surface area contributed by atoms with Gasteiger partial charge in [0.1, 0.15) is 5.69 Å². The summed E-state index contributed by atoms with van der Waals surface area (Å²) in [6, 6.07) is 6.21. The molecule has 0 aliphatic heterocycles. The van der Waals surface area contributed by atoms with Crippen LogP contribution in [0.25, 0.3) is 5.69 Å². The van der Waals surface area contributed by atoms with Crippen molar-refractivity contribution in [1.82, 2.24) is 9.78 Å². The molecule has 102 valence electrons. The van der Waals surface area contributed by atoms with Crippen LogP contribution in [0.15, 0.2) is 24.3 Å². The summed E-state index contributed by atoms with van der Waals surface area (Å²) in [6.07, 6.45) is 2.17. The molecule has 0 unspecified atom stereocenters. The summed E-state index contributed by atoms with van der Waals surface area (Å²) in [4.78, 5) is 21.8. The van der Waals surface area contributed by atoms with Crippen molar-refractivity contribution in [1.29, 1.82) is 0 Å². The van der Waals surface area contributed by atoms with Crippen molar-refractivity contribution in [3.63, 3.8) is 0 Å². The Hall–Kier alpha value is -2.70. The van der Waals surface area contributed by atoms with Crippen molar-refractivity contribution >= 4 is 11.7 Å². The summed E-state index contributed by atoms with van der Waals surface area (Å²) >= 11 is 0. The number of para-hydroxylation sites is 2. The molecule has 0 bridgehead atoms. The fourth-order valence-electron chi connectivity index (χ4n) is 2.61. The highest BCUT2D eigenvalue weighted by Gasteiger charge is 2.28. The van der Waals surface area contributed by atoms with Gasteiger partial charge in [-0.3, -0.25) is 10.1 Å². The van der Waals surface area contributed by atoms with Gasteiger partial charge in [-0.15, -0.1) is 0 Å². The average Bonchev–Trinajstić information content (AvgIpc) is 2.99. The second-order valence-electron chi connectivity index (χ2n) is 4.59. The molecule has 1 N–H and O–H groups in total. The topological polar surface area (TPSA) is 98.3 Å². The van der Waals surface area contributed by atoms with Crippen LogP contribution in [0.3, 0.4) is 0 Å². The molecule has 1 aliphatic carbocycles. The van der Waals surface area contributed by atoms with Gasteiger partial charge in [0.2, 0.25) is 0 Å². The molecule has 0 saturated carbocycles. The van der Waals surface area contributed by atoms with E-state index in [1.807, 2.05) is 0 Å². The Labute approximate surface area is 113 Å². The van der Waals surface area contributed by atoms with Crippen LogP contribution in [0.2, 0.25) is 0 Å². The molecule has 20 heavy (non-hydrogen) atoms. The van der Waals surface area contributed by atoms with Gasteiger partial charge >= 0.3 is 5.97 Å². The van der Waals surface area contributed by atoms with Gasteiger partial charge in [0.25, 0.3) is 5.69 Å². The number of benzene rings is 1. The number of rotatable bonds is 3. The molecule has 0 fully saturated rings. The second kappa shape index (κ2) is 4.44. The van der Waals surface area contributed by atoms with Crippen LogP contribution in [0.4, 0.5) is 5.69 Å². The van der Waals surface area contributed by atoms with E-state index >= 15 is 0 Å². The summed E-state index contributed by atoms with van der Waals surface area (Å²) in [5.74, 6) is -1.10. The molecular weight excluding hydrogens is 262 g/mol. The van der Waals surface area contributed by atoms with Gasteiger partial charge in [0.15, 0.2) is 5.69 Å². The number of carboxylic acid groups (broad SMARTS) is 1. The van der Waals surface area contributed by atoms with Gasteiger partial charge in [0.05, 0.1) is 4.92 Å². The van der Waals surface area contributed by atoms with Crippen LogP contribution >= 0.6 is 0 Å². The number of fused-ring (bicyclic) bond motifs is 1. The number of carboxylic acids is 1. The average molecular weight is 273 g/mol. The molecule has 7 heteroatoms. The lowest BCUT2D eigenvalue weighted by Crippen LogP contribution is -2.06. The van der Waals surface area contributed by atoms with E-state index in [0.717, 1.165) is 12.1 Å². The Morgan fingerprint density at radius 1 is 1.35 bits per heavy atom. The number of nitrogens with zero attached hydrogens (tertiary/aromatic N) is 3. The second-order valence-corrected chi connectivity index (χ2v) is 4.59. The number of hydrogen-bond acceptors (Lipinski definition) is 4. The summed E-state index contributed by atoms with van der Waals surface area (Å²) in [7, 11) is 0. The van der Waals surface area contributed by atoms with Crippen LogP contribution in [0.5, 0.6) is 0 Å². The Morgan fingerprint density at radius 3 is 2.80 bits per heavy atom. The number of aromatic carboxylic acids is 1. The predicted molar refractivity (Wildman–Crippen MR) is 69.2 cm³/mol. The zero-order valence-electron chi connectivity index (χ0n) is 10.4. The van der Waals surface area contributed by atoms with E-state index in [2.05, 4.69) is 5.10 Å². The molecule has 0 saturated heterocycles. The lowest BCUT2D eigenvalue weighted by atomic mass is 10.2. The highest BCUT2D eigenvalue weighted by Crippen LogP contribution is 2.31. The first kappa shape index (κ1) is 12.3. The third kappa shape index (κ3) is 1.75. The predicted octanol–water partition coefficient (Wildman–Crippen LogP) is 1.97. The molecule has 1 aromatic heterocycles. The van der Waals surface area contributed by atoms with Gasteiger partial charge < -0.3 is 5.11 Å². The monoisotopic (exact) mass is 273 g/mol. The molecule has 1 heterocycles. The third-order valence-corrected chi connectivity index (χ3v) is 3.44. The summed E-state index contributed by atoms with van der Waals surface area (Å²) in [6.45, 7) is 0. The molecule has 1 aliphatic rings. The lowest BCUT2D eigenvalue weighted by molar-refractivity contribution is -0.384. The molecule has 2 aromatic rings. The zero-order valence-corrected chi connectivity index (χ0v) is 10.4. The maximum absolute atomic E-state index is 11.2. The first-order chi connectivity index (χ1) is 9.59. The van der Waals surface area contributed by atoms with Crippen molar-refractivity contribution < 1.29 is 14.8 Å². The minimum atomic E-state index is -1.10. The Bertz CT molecular complexity index is 720. The van der Waals surface area contributed by atoms with E-state index in [0.29, 0.717) is 24.1 Å². The molecule has 1 aromatic carbocycles. The zero-order chi connectivity index (χ0) is 14.3. The molecule has 7 nitrogen and oxygen atoms in total. The maximum atomic E-state index is 11.2. The molecule has 0 radical (unpaired) electrons. The quantitative estimate of drug-likeness (QED) is 0.680. The van der Waals surface area contributed by atoms with Crippen LogP contribution in [-0.4, -0.2) is 25.8 Å². The van der Waals surface area contributed by atoms with Crippen LogP contribution in [0.1, 0.15) is 28.2 Å². The standard InChI is InChI=1S/C13H11N3O4/c17-13(18)12-8-4-3-7-9(8)15(14-12)10-5-1-2-6-11(10)16(19)20/h1-2,5-6H,3-4,7H2,(H,17,18). The molecule has 0 atom stereocenters. The van der Waals surface area contributed by atoms with Crippen molar-refractivity contribution in [2.45, 2.75) is 19.3 Å². The van der Waals surface area contributed by atoms with Gasteiger partial charge in [-0.25, -0.2) is 9.48 Å². The summed E-state index contributed by atoms with van der Waals surface area (Å²) in [5, 5.41) is 24.3. The first-order valence-electron chi connectivity index (χ1n) is 6.17. The fraction of sp³-hybridized carbons (Fsp3) is 0.231. The highest BCUT2D eigenvalue weighted by molar-refractivity contribution is 5.87. The normalized spacial score (nSPS) is 13.2. The van der Waals surface area contributed by atoms with Crippen molar-refractivity contribution in [2.75, 3.05) is 0 Å². The number of nitro benzene ring substituents is 1. The Kier molecular flexibility index (Phi) is 2.74. The highest BCUT2D eigenvalue weighted by atomic mass is 16.6. The smallest absolute Gasteiger partial charge is 0.356 e. The van der Waals surface area contributed by atoms with Crippen LogP contribution in [-0.2, 0) is 12.8 Å². The van der Waals surface area contributed by atoms with Gasteiger partial charge in [-0.2, -0.15) is 5.10 Å². The van der Waals surface area contributed by atoms with E-state index in [-0.39, 0.29) is 11.4 Å². The summed E-state index contributed by atoms with van der Waals surface area (Å²) in [5.41, 5.74) is 1.67. The number of carbonyl (C=O) groups is 1. The van der Waals surface area contributed by atoms with Crippen LogP contribution < -0.4 is 0 Å². The summed E-state index contributed by atoms with van der Waals surface area (Å²) < 4.78 is 1.41. The Morgan fingerprint density at radius 2 is 2.10 bits per heavy atom. The number of nitro groups is 1. The number of hydrogen-bond donors (Lipinski definition) is 1. The van der Waals surface area contributed by atoms with E-state index in [1.165, 1.54) is 10.7 Å². The molecule has 0 amide bonds. The minimum absolute atomic E-state index is 0.00403. The van der Waals surface area contributed by atoms with E-state index in [1.54, 1.807) is 18.2 Å². The van der Waals surface area contributed by atoms with E-state index in [4.69, 9.17) is 0 Å². The number of aromatic nitrogens is 2. The molecule has 0 spiro atoms.